The van der Waals surface area contributed by atoms with Gasteiger partial charge in [-0.15, -0.1) is 0 Å². The Hall–Kier alpha value is 1.18. The standard InChI is InChI=1S/2CH4.Cu.Pd/h2*1H4;;/q;;+2;. The number of hydrogen-bond donors (Lipinski definition) is 0. The van der Waals surface area contributed by atoms with Gasteiger partial charge in [-0.2, -0.15) is 0 Å². The molecule has 0 rings (SSSR count). The Morgan fingerprint density at radius 2 is 0.750 bits per heavy atom. The quantitative estimate of drug-likeness (QED) is 0.519. The SMILES string of the molecule is C.C.[Cu+2].[Pd]. The molecule has 0 amide bonds. The van der Waals surface area contributed by atoms with Crippen molar-refractivity contribution in [1.29, 1.82) is 0 Å². The molecule has 4 heavy (non-hydrogen) atoms. The monoisotopic (exact) mass is 201 g/mol. The van der Waals surface area contributed by atoms with Gasteiger partial charge in [0.15, 0.2) is 0 Å². The first-order valence-electron chi connectivity index (χ1n) is 0. The van der Waals surface area contributed by atoms with Gasteiger partial charge >= 0.3 is 17.1 Å². The van der Waals surface area contributed by atoms with E-state index in [0.717, 1.165) is 0 Å². The van der Waals surface area contributed by atoms with E-state index in [-0.39, 0.29) is 52.3 Å². The van der Waals surface area contributed by atoms with Crippen molar-refractivity contribution in [3.63, 3.8) is 0 Å². The van der Waals surface area contributed by atoms with Gasteiger partial charge < -0.3 is 0 Å². The first kappa shape index (κ1) is 64.9. The zero-order valence-corrected chi connectivity index (χ0v) is 3.11. The molecule has 0 atom stereocenters. The van der Waals surface area contributed by atoms with E-state index in [1.807, 2.05) is 0 Å². The molecule has 0 aliphatic carbocycles. The van der Waals surface area contributed by atoms with E-state index >= 15 is 0 Å². The number of rotatable bonds is 0. The maximum absolute atomic E-state index is 0. The van der Waals surface area contributed by atoms with Crippen molar-refractivity contribution in [1.82, 2.24) is 0 Å². The minimum Gasteiger partial charge on any atom is -0.0776 e. The molecule has 0 fully saturated rings. The van der Waals surface area contributed by atoms with Crippen LogP contribution in [-0.2, 0) is 37.5 Å². The molecule has 0 bridgehead atoms. The van der Waals surface area contributed by atoms with Gasteiger partial charge in [0.05, 0.1) is 0 Å². The smallest absolute Gasteiger partial charge is 0.0776 e. The molecule has 0 aliphatic heterocycles. The van der Waals surface area contributed by atoms with Crippen molar-refractivity contribution in [2.24, 2.45) is 0 Å². The van der Waals surface area contributed by atoms with Gasteiger partial charge in [0, 0.05) is 20.4 Å². The van der Waals surface area contributed by atoms with Crippen molar-refractivity contribution in [2.45, 2.75) is 14.9 Å². The Morgan fingerprint density at radius 3 is 0.750 bits per heavy atom. The van der Waals surface area contributed by atoms with Gasteiger partial charge in [0.2, 0.25) is 0 Å². The fraction of sp³-hybridized carbons (Fsp3) is 1.00. The van der Waals surface area contributed by atoms with Crippen LogP contribution in [0.2, 0.25) is 0 Å². The predicted molar refractivity (Wildman–Crippen MR) is 13.5 cm³/mol. The van der Waals surface area contributed by atoms with E-state index in [1.54, 1.807) is 0 Å². The molecule has 1 radical (unpaired) electrons. The third kappa shape index (κ3) is 10.8. The fourth-order valence-electron chi connectivity index (χ4n) is 0. The van der Waals surface area contributed by atoms with Crippen molar-refractivity contribution < 1.29 is 37.5 Å². The summed E-state index contributed by atoms with van der Waals surface area (Å²) < 4.78 is 0. The van der Waals surface area contributed by atoms with Gasteiger partial charge in [-0.05, 0) is 0 Å². The Kier molecular flexibility index (Phi) is 492. The third-order valence-corrected chi connectivity index (χ3v) is 0. The van der Waals surface area contributed by atoms with E-state index in [4.69, 9.17) is 0 Å². The maximum Gasteiger partial charge on any atom is 2.00 e. The van der Waals surface area contributed by atoms with Crippen LogP contribution in [0.5, 0.6) is 0 Å². The minimum atomic E-state index is 0. The maximum atomic E-state index is 0. The second-order valence-corrected chi connectivity index (χ2v) is 0. The van der Waals surface area contributed by atoms with E-state index in [1.165, 1.54) is 0 Å². The first-order chi connectivity index (χ1) is 0. The summed E-state index contributed by atoms with van der Waals surface area (Å²) in [5.41, 5.74) is 0. The summed E-state index contributed by atoms with van der Waals surface area (Å²) in [5, 5.41) is 0. The summed E-state index contributed by atoms with van der Waals surface area (Å²) in [6.45, 7) is 0. The molecule has 0 aliphatic rings. The third-order valence-electron chi connectivity index (χ3n) is 0. The van der Waals surface area contributed by atoms with Crippen LogP contribution >= 0.6 is 0 Å². The second kappa shape index (κ2) is 30.3. The average molecular weight is 202 g/mol. The zero-order chi connectivity index (χ0) is 0. The summed E-state index contributed by atoms with van der Waals surface area (Å²) in [7, 11) is 0. The zero-order valence-electron chi connectivity index (χ0n) is 0.618. The molecule has 35 valence electrons. The molecule has 0 saturated heterocycles. The van der Waals surface area contributed by atoms with Gasteiger partial charge in [-0.1, -0.05) is 14.9 Å². The molecule has 0 spiro atoms. The van der Waals surface area contributed by atoms with Gasteiger partial charge in [-0.3, -0.25) is 0 Å². The molecule has 0 nitrogen and oxygen atoms in total. The number of hydrogen-bond acceptors (Lipinski definition) is 0. The molecule has 2 heteroatoms. The van der Waals surface area contributed by atoms with Crippen LogP contribution in [0.3, 0.4) is 0 Å². The Labute approximate surface area is 52.5 Å². The molecule has 0 aromatic heterocycles. The molecular formula is C2H8CuPd+2. The minimum absolute atomic E-state index is 0. The van der Waals surface area contributed by atoms with Crippen molar-refractivity contribution >= 4 is 0 Å². The molecule has 0 N–H and O–H groups in total. The van der Waals surface area contributed by atoms with E-state index in [9.17, 15) is 0 Å². The van der Waals surface area contributed by atoms with Crippen LogP contribution in [0.4, 0.5) is 0 Å². The van der Waals surface area contributed by atoms with Gasteiger partial charge in [-0.25, -0.2) is 0 Å². The molecule has 0 aromatic carbocycles. The van der Waals surface area contributed by atoms with Crippen LogP contribution in [0.15, 0.2) is 0 Å². The largest absolute Gasteiger partial charge is 2.00 e. The van der Waals surface area contributed by atoms with Crippen LogP contribution in [-0.4, -0.2) is 0 Å². The topological polar surface area (TPSA) is 0 Å². The Bertz CT molecular complexity index is 6.00. The van der Waals surface area contributed by atoms with Crippen LogP contribution < -0.4 is 0 Å². The first-order valence-corrected chi connectivity index (χ1v) is 0. The van der Waals surface area contributed by atoms with E-state index < -0.39 is 0 Å². The summed E-state index contributed by atoms with van der Waals surface area (Å²) in [6, 6.07) is 0. The fourth-order valence-corrected chi connectivity index (χ4v) is 0. The van der Waals surface area contributed by atoms with Crippen LogP contribution in [0.1, 0.15) is 14.9 Å². The van der Waals surface area contributed by atoms with E-state index in [2.05, 4.69) is 0 Å². The molecule has 0 saturated carbocycles. The average Bonchev–Trinajstić information content (AvgIpc) is 0. The predicted octanol–water partition coefficient (Wildman–Crippen LogP) is 1.27. The second-order valence-electron chi connectivity index (χ2n) is 0. The van der Waals surface area contributed by atoms with Gasteiger partial charge in [0.25, 0.3) is 0 Å². The van der Waals surface area contributed by atoms with Crippen molar-refractivity contribution in [3.05, 3.63) is 0 Å². The molecular weight excluding hydrogens is 194 g/mol. The molecule has 0 heterocycles. The van der Waals surface area contributed by atoms with Crippen molar-refractivity contribution in [3.8, 4) is 0 Å². The Morgan fingerprint density at radius 1 is 0.750 bits per heavy atom. The normalized spacial score (nSPS) is 0. The summed E-state index contributed by atoms with van der Waals surface area (Å²) in [4.78, 5) is 0. The summed E-state index contributed by atoms with van der Waals surface area (Å²) in [5.74, 6) is 0. The summed E-state index contributed by atoms with van der Waals surface area (Å²) in [6.07, 6.45) is 0. The molecule has 0 aromatic rings. The summed E-state index contributed by atoms with van der Waals surface area (Å²) >= 11 is 0. The van der Waals surface area contributed by atoms with Crippen LogP contribution in [0, 0.1) is 0 Å². The van der Waals surface area contributed by atoms with E-state index in [0.29, 0.717) is 0 Å². The van der Waals surface area contributed by atoms with Crippen molar-refractivity contribution in [2.75, 3.05) is 0 Å². The molecule has 0 unspecified atom stereocenters. The van der Waals surface area contributed by atoms with Crippen LogP contribution in [0.25, 0.3) is 0 Å². The Balaban J connectivity index is 0. The van der Waals surface area contributed by atoms with Gasteiger partial charge in [0.1, 0.15) is 0 Å².